The van der Waals surface area contributed by atoms with Gasteiger partial charge in [0.2, 0.25) is 0 Å². The van der Waals surface area contributed by atoms with E-state index in [4.69, 9.17) is 22.1 Å². The molecule has 1 aliphatic rings. The minimum Gasteiger partial charge on any atom is -0.376 e. The Morgan fingerprint density at radius 2 is 2.43 bits per heavy atom. The van der Waals surface area contributed by atoms with Crippen molar-refractivity contribution < 1.29 is 4.74 Å². The second kappa shape index (κ2) is 6.32. The highest BCUT2D eigenvalue weighted by atomic mass is 35.5. The first-order valence-corrected chi connectivity index (χ1v) is 7.37. The Hall–Kier alpha value is -1.79. The summed E-state index contributed by atoms with van der Waals surface area (Å²) in [6.07, 6.45) is 6.16. The fourth-order valence-corrected chi connectivity index (χ4v) is 2.51. The van der Waals surface area contributed by atoms with Crippen molar-refractivity contribution in [3.05, 3.63) is 35.2 Å². The molecule has 0 radical (unpaired) electrons. The molecule has 0 aliphatic carbocycles. The molecule has 0 amide bonds. The van der Waals surface area contributed by atoms with Crippen LogP contribution in [0.3, 0.4) is 0 Å². The van der Waals surface area contributed by atoms with Crippen molar-refractivity contribution >= 4 is 23.2 Å². The number of aliphatic imine (C=N–C) groups is 1. The van der Waals surface area contributed by atoms with Crippen LogP contribution in [0.25, 0.3) is 5.65 Å². The molecule has 1 unspecified atom stereocenters. The molecule has 2 aromatic rings. The van der Waals surface area contributed by atoms with Crippen LogP contribution in [0.1, 0.15) is 18.5 Å². The van der Waals surface area contributed by atoms with E-state index in [1.165, 1.54) is 0 Å². The van der Waals surface area contributed by atoms with Gasteiger partial charge < -0.3 is 20.2 Å². The predicted molar refractivity (Wildman–Crippen MR) is 82.5 cm³/mol. The van der Waals surface area contributed by atoms with E-state index in [9.17, 15) is 0 Å². The van der Waals surface area contributed by atoms with Gasteiger partial charge in [0.05, 0.1) is 23.4 Å². The highest BCUT2D eigenvalue weighted by Crippen LogP contribution is 2.12. The van der Waals surface area contributed by atoms with E-state index >= 15 is 0 Å². The molecule has 0 bridgehead atoms. The summed E-state index contributed by atoms with van der Waals surface area (Å²) in [4.78, 5) is 8.74. The maximum absolute atomic E-state index is 5.94. The number of imidazole rings is 1. The van der Waals surface area contributed by atoms with Crippen molar-refractivity contribution in [1.29, 1.82) is 0 Å². The maximum Gasteiger partial charge on any atom is 0.189 e. The lowest BCUT2D eigenvalue weighted by molar-refractivity contribution is 0.114. The lowest BCUT2D eigenvalue weighted by Crippen LogP contribution is -2.37. The quantitative estimate of drug-likeness (QED) is 0.664. The van der Waals surface area contributed by atoms with Crippen LogP contribution in [0.2, 0.25) is 5.02 Å². The van der Waals surface area contributed by atoms with E-state index in [0.717, 1.165) is 30.8 Å². The molecule has 0 spiro atoms. The Kier molecular flexibility index (Phi) is 4.26. The number of rotatable bonds is 4. The van der Waals surface area contributed by atoms with Crippen molar-refractivity contribution in [2.24, 2.45) is 10.7 Å². The number of ether oxygens (including phenoxy) is 1. The zero-order chi connectivity index (χ0) is 14.7. The number of nitrogens with zero attached hydrogens (tertiary/aromatic N) is 3. The van der Waals surface area contributed by atoms with Gasteiger partial charge in [-0.25, -0.2) is 9.98 Å². The molecule has 1 atom stereocenters. The fourth-order valence-electron chi connectivity index (χ4n) is 2.34. The lowest BCUT2D eigenvalue weighted by atomic mass is 10.2. The summed E-state index contributed by atoms with van der Waals surface area (Å²) in [7, 11) is 0. The summed E-state index contributed by atoms with van der Waals surface area (Å²) < 4.78 is 7.39. The molecule has 3 rings (SSSR count). The van der Waals surface area contributed by atoms with E-state index in [0.29, 0.717) is 24.1 Å². The highest BCUT2D eigenvalue weighted by Gasteiger charge is 2.14. The van der Waals surface area contributed by atoms with Crippen LogP contribution in [0.4, 0.5) is 0 Å². The molecule has 21 heavy (non-hydrogen) atoms. The van der Waals surface area contributed by atoms with Gasteiger partial charge in [-0.05, 0) is 25.0 Å². The summed E-state index contributed by atoms with van der Waals surface area (Å²) in [6, 6.07) is 3.68. The van der Waals surface area contributed by atoms with E-state index in [2.05, 4.69) is 15.3 Å². The van der Waals surface area contributed by atoms with Gasteiger partial charge in [-0.1, -0.05) is 11.6 Å². The van der Waals surface area contributed by atoms with Crippen LogP contribution >= 0.6 is 11.6 Å². The van der Waals surface area contributed by atoms with Crippen LogP contribution in [0.15, 0.2) is 29.5 Å². The molecule has 0 saturated carbocycles. The van der Waals surface area contributed by atoms with Crippen LogP contribution in [0.5, 0.6) is 0 Å². The molecule has 1 saturated heterocycles. The molecule has 1 aliphatic heterocycles. The Morgan fingerprint density at radius 1 is 1.52 bits per heavy atom. The van der Waals surface area contributed by atoms with Crippen LogP contribution in [0, 0.1) is 0 Å². The van der Waals surface area contributed by atoms with Crippen LogP contribution < -0.4 is 11.1 Å². The summed E-state index contributed by atoms with van der Waals surface area (Å²) in [5, 5.41) is 3.76. The molecule has 1 fully saturated rings. The maximum atomic E-state index is 5.94. The van der Waals surface area contributed by atoms with Crippen molar-refractivity contribution in [3.63, 3.8) is 0 Å². The Bertz CT molecular complexity index is 648. The Morgan fingerprint density at radius 3 is 3.24 bits per heavy atom. The Labute approximate surface area is 128 Å². The third-order valence-electron chi connectivity index (χ3n) is 3.41. The number of nitrogens with two attached hydrogens (primary N) is 1. The van der Waals surface area contributed by atoms with Gasteiger partial charge in [0, 0.05) is 25.5 Å². The second-order valence-electron chi connectivity index (χ2n) is 5.06. The number of hydrogen-bond donors (Lipinski definition) is 2. The average molecular weight is 308 g/mol. The molecular formula is C14H18ClN5O. The minimum absolute atomic E-state index is 0.246. The van der Waals surface area contributed by atoms with E-state index in [1.807, 2.05) is 28.9 Å². The normalized spacial score (nSPS) is 19.3. The van der Waals surface area contributed by atoms with Gasteiger partial charge >= 0.3 is 0 Å². The summed E-state index contributed by atoms with van der Waals surface area (Å²) in [5.41, 5.74) is 7.54. The smallest absolute Gasteiger partial charge is 0.189 e. The van der Waals surface area contributed by atoms with Crippen LogP contribution in [-0.4, -0.2) is 34.6 Å². The number of fused-ring (bicyclic) bond motifs is 1. The zero-order valence-electron chi connectivity index (χ0n) is 11.6. The van der Waals surface area contributed by atoms with Gasteiger partial charge in [-0.2, -0.15) is 0 Å². The third-order valence-corrected chi connectivity index (χ3v) is 3.63. The summed E-state index contributed by atoms with van der Waals surface area (Å²) in [6.45, 7) is 1.98. The second-order valence-corrected chi connectivity index (χ2v) is 5.50. The number of guanidine groups is 1. The third kappa shape index (κ3) is 3.65. The SMILES string of the molecule is NC(=NCc1cn2cc(Cl)ccc2n1)NCC1CCCO1. The van der Waals surface area contributed by atoms with Crippen LogP contribution in [-0.2, 0) is 11.3 Å². The highest BCUT2D eigenvalue weighted by molar-refractivity contribution is 6.30. The van der Waals surface area contributed by atoms with Gasteiger partial charge in [-0.3, -0.25) is 0 Å². The van der Waals surface area contributed by atoms with Crippen molar-refractivity contribution in [1.82, 2.24) is 14.7 Å². The molecule has 3 N–H and O–H groups in total. The predicted octanol–water partition coefficient (Wildman–Crippen LogP) is 1.57. The molecular weight excluding hydrogens is 290 g/mol. The van der Waals surface area contributed by atoms with E-state index in [1.54, 1.807) is 0 Å². The zero-order valence-corrected chi connectivity index (χ0v) is 12.4. The first-order chi connectivity index (χ1) is 10.2. The largest absolute Gasteiger partial charge is 0.376 e. The fraction of sp³-hybridized carbons (Fsp3) is 0.429. The number of halogens is 1. The first kappa shape index (κ1) is 14.2. The molecule has 7 heteroatoms. The molecule has 3 heterocycles. The van der Waals surface area contributed by atoms with Gasteiger partial charge in [-0.15, -0.1) is 0 Å². The lowest BCUT2D eigenvalue weighted by Gasteiger charge is -2.10. The van der Waals surface area contributed by atoms with Gasteiger partial charge in [0.15, 0.2) is 5.96 Å². The van der Waals surface area contributed by atoms with Crippen molar-refractivity contribution in [3.8, 4) is 0 Å². The summed E-state index contributed by atoms with van der Waals surface area (Å²) >= 11 is 5.94. The standard InChI is InChI=1S/C14H18ClN5O/c15-10-3-4-13-19-11(9-20(13)8-10)6-17-14(16)18-7-12-2-1-5-21-12/h3-4,8-9,12H,1-2,5-7H2,(H3,16,17,18). The Balaban J connectivity index is 1.57. The average Bonchev–Trinajstić information content (AvgIpc) is 3.11. The molecule has 2 aromatic heterocycles. The number of aromatic nitrogens is 2. The van der Waals surface area contributed by atoms with Gasteiger partial charge in [0.1, 0.15) is 5.65 Å². The molecule has 6 nitrogen and oxygen atoms in total. The summed E-state index contributed by atoms with van der Waals surface area (Å²) in [5.74, 6) is 0.417. The minimum atomic E-state index is 0.246. The van der Waals surface area contributed by atoms with Gasteiger partial charge in [0.25, 0.3) is 0 Å². The monoisotopic (exact) mass is 307 g/mol. The topological polar surface area (TPSA) is 76.9 Å². The van der Waals surface area contributed by atoms with Crippen molar-refractivity contribution in [2.75, 3.05) is 13.2 Å². The van der Waals surface area contributed by atoms with E-state index < -0.39 is 0 Å². The van der Waals surface area contributed by atoms with Crippen molar-refractivity contribution in [2.45, 2.75) is 25.5 Å². The molecule has 112 valence electrons. The number of nitrogens with one attached hydrogen (secondary N) is 1. The number of hydrogen-bond acceptors (Lipinski definition) is 3. The molecule has 0 aromatic carbocycles. The first-order valence-electron chi connectivity index (χ1n) is 6.99. The van der Waals surface area contributed by atoms with E-state index in [-0.39, 0.29) is 6.10 Å². The number of pyridine rings is 1.